The van der Waals surface area contributed by atoms with Gasteiger partial charge in [-0.15, -0.1) is 0 Å². The van der Waals surface area contributed by atoms with Crippen molar-refractivity contribution in [1.82, 2.24) is 0 Å². The molecule has 4 nitrogen and oxygen atoms in total. The Morgan fingerprint density at radius 2 is 0.968 bits per heavy atom. The van der Waals surface area contributed by atoms with Crippen LogP contribution in [0, 0.1) is 0 Å². The minimum absolute atomic E-state index is 0.687. The molecule has 0 radical (unpaired) electrons. The Bertz CT molecular complexity index is 1070. The maximum atomic E-state index is 6.09. The third kappa shape index (κ3) is 5.58. The number of hydrogen-bond acceptors (Lipinski definition) is 4. The molecular weight excluding hydrogens is 384 g/mol. The van der Waals surface area contributed by atoms with Crippen molar-refractivity contribution < 1.29 is 9.47 Å². The molecule has 4 aromatic rings. The fourth-order valence-electron chi connectivity index (χ4n) is 3.50. The average Bonchev–Trinajstić information content (AvgIpc) is 2.76. The van der Waals surface area contributed by atoms with Gasteiger partial charge >= 0.3 is 0 Å². The smallest absolute Gasteiger partial charge is 0.130 e. The van der Waals surface area contributed by atoms with Crippen molar-refractivity contribution in [3.8, 4) is 23.0 Å². The Morgan fingerprint density at radius 1 is 0.516 bits per heavy atom. The summed E-state index contributed by atoms with van der Waals surface area (Å²) in [6.45, 7) is 0. The Labute approximate surface area is 183 Å². The molecule has 0 heterocycles. The van der Waals surface area contributed by atoms with Gasteiger partial charge in [0.15, 0.2) is 0 Å². The van der Waals surface area contributed by atoms with Crippen LogP contribution in [-0.2, 0) is 12.8 Å². The van der Waals surface area contributed by atoms with Gasteiger partial charge in [-0.25, -0.2) is 0 Å². The van der Waals surface area contributed by atoms with Crippen LogP contribution < -0.4 is 20.9 Å². The quantitative estimate of drug-likeness (QED) is 0.321. The van der Waals surface area contributed by atoms with E-state index < -0.39 is 0 Å². The van der Waals surface area contributed by atoms with Crippen LogP contribution in [0.3, 0.4) is 0 Å². The molecular formula is C27H26N2O2. The maximum absolute atomic E-state index is 6.09. The highest BCUT2D eigenvalue weighted by Gasteiger charge is 2.08. The summed E-state index contributed by atoms with van der Waals surface area (Å²) >= 11 is 0. The molecule has 0 atom stereocenters. The molecule has 4 rings (SSSR count). The van der Waals surface area contributed by atoms with Crippen LogP contribution in [0.15, 0.2) is 97.1 Å². The van der Waals surface area contributed by atoms with Gasteiger partial charge in [-0.3, -0.25) is 0 Å². The molecule has 4 N–H and O–H groups in total. The number of rotatable bonds is 8. The first-order valence-electron chi connectivity index (χ1n) is 10.4. The van der Waals surface area contributed by atoms with Gasteiger partial charge in [-0.2, -0.15) is 0 Å². The van der Waals surface area contributed by atoms with Crippen LogP contribution >= 0.6 is 0 Å². The Hall–Kier alpha value is -3.92. The van der Waals surface area contributed by atoms with Gasteiger partial charge in [0.25, 0.3) is 0 Å². The van der Waals surface area contributed by atoms with E-state index >= 15 is 0 Å². The van der Waals surface area contributed by atoms with Gasteiger partial charge in [0.05, 0.1) is 0 Å². The number of hydrogen-bond donors (Lipinski definition) is 2. The van der Waals surface area contributed by atoms with Crippen LogP contribution in [-0.4, -0.2) is 0 Å². The van der Waals surface area contributed by atoms with E-state index in [-0.39, 0.29) is 0 Å². The van der Waals surface area contributed by atoms with Crippen LogP contribution in [0.5, 0.6) is 23.0 Å². The normalized spacial score (nSPS) is 10.6. The highest BCUT2D eigenvalue weighted by molar-refractivity contribution is 5.47. The van der Waals surface area contributed by atoms with E-state index in [4.69, 9.17) is 20.9 Å². The number of benzene rings is 4. The van der Waals surface area contributed by atoms with Gasteiger partial charge in [0.1, 0.15) is 23.0 Å². The van der Waals surface area contributed by atoms with Crippen LogP contribution in [0.4, 0.5) is 11.4 Å². The lowest BCUT2D eigenvalue weighted by atomic mass is 10.0. The second-order valence-electron chi connectivity index (χ2n) is 7.42. The molecule has 0 aliphatic heterocycles. The van der Waals surface area contributed by atoms with Crippen molar-refractivity contribution in [3.05, 3.63) is 108 Å². The second-order valence-corrected chi connectivity index (χ2v) is 7.42. The number of para-hydroxylation sites is 2. The predicted molar refractivity (Wildman–Crippen MR) is 127 cm³/mol. The summed E-state index contributed by atoms with van der Waals surface area (Å²) in [5.74, 6) is 3.21. The SMILES string of the molecule is Nc1cccc(Oc2ccccc2CCCc2ccccc2Oc2cccc(N)c2)c1. The van der Waals surface area contributed by atoms with E-state index in [9.17, 15) is 0 Å². The Kier molecular flexibility index (Phi) is 6.38. The number of nitrogen functional groups attached to an aromatic ring is 2. The third-order valence-corrected chi connectivity index (χ3v) is 5.01. The van der Waals surface area contributed by atoms with Crippen molar-refractivity contribution in [2.45, 2.75) is 19.3 Å². The van der Waals surface area contributed by atoms with E-state index in [0.717, 1.165) is 42.3 Å². The van der Waals surface area contributed by atoms with Crippen molar-refractivity contribution in [1.29, 1.82) is 0 Å². The van der Waals surface area contributed by atoms with Crippen LogP contribution in [0.2, 0.25) is 0 Å². The first-order valence-corrected chi connectivity index (χ1v) is 10.4. The zero-order chi connectivity index (χ0) is 21.5. The highest BCUT2D eigenvalue weighted by Crippen LogP contribution is 2.30. The summed E-state index contributed by atoms with van der Waals surface area (Å²) in [6.07, 6.45) is 2.75. The minimum Gasteiger partial charge on any atom is -0.457 e. The number of nitrogens with two attached hydrogens (primary N) is 2. The van der Waals surface area contributed by atoms with Crippen LogP contribution in [0.25, 0.3) is 0 Å². The molecule has 0 aliphatic rings. The summed E-state index contributed by atoms with van der Waals surface area (Å²) in [5, 5.41) is 0. The van der Waals surface area contributed by atoms with Gasteiger partial charge in [0, 0.05) is 23.5 Å². The lowest BCUT2D eigenvalue weighted by Crippen LogP contribution is -1.97. The zero-order valence-electron chi connectivity index (χ0n) is 17.3. The maximum Gasteiger partial charge on any atom is 0.130 e. The molecule has 0 aliphatic carbocycles. The number of aryl methyl sites for hydroxylation is 2. The van der Waals surface area contributed by atoms with Gasteiger partial charge in [-0.1, -0.05) is 48.5 Å². The summed E-state index contributed by atoms with van der Waals surface area (Å²) in [6, 6.07) is 31.2. The molecule has 0 spiro atoms. The molecule has 31 heavy (non-hydrogen) atoms. The topological polar surface area (TPSA) is 70.5 Å². The van der Waals surface area contributed by atoms with E-state index in [2.05, 4.69) is 12.1 Å². The summed E-state index contributed by atoms with van der Waals surface area (Å²) in [4.78, 5) is 0. The zero-order valence-corrected chi connectivity index (χ0v) is 17.3. The molecule has 0 unspecified atom stereocenters. The largest absolute Gasteiger partial charge is 0.457 e. The number of anilines is 2. The van der Waals surface area contributed by atoms with E-state index in [1.165, 1.54) is 11.1 Å². The molecule has 0 saturated heterocycles. The monoisotopic (exact) mass is 410 g/mol. The molecule has 0 amide bonds. The molecule has 156 valence electrons. The van der Waals surface area contributed by atoms with Crippen LogP contribution in [0.1, 0.15) is 17.5 Å². The van der Waals surface area contributed by atoms with E-state index in [1.807, 2.05) is 84.9 Å². The number of ether oxygens (including phenoxy) is 2. The summed E-state index contributed by atoms with van der Waals surface area (Å²) < 4.78 is 12.2. The average molecular weight is 411 g/mol. The van der Waals surface area contributed by atoms with Gasteiger partial charge < -0.3 is 20.9 Å². The molecule has 4 heteroatoms. The van der Waals surface area contributed by atoms with Crippen molar-refractivity contribution in [3.63, 3.8) is 0 Å². The van der Waals surface area contributed by atoms with Crippen molar-refractivity contribution in [2.24, 2.45) is 0 Å². The highest BCUT2D eigenvalue weighted by atomic mass is 16.5. The predicted octanol–water partition coefficient (Wildman–Crippen LogP) is 6.61. The summed E-state index contributed by atoms with van der Waals surface area (Å²) in [5.41, 5.74) is 15.5. The molecule has 0 aromatic heterocycles. The Morgan fingerprint density at radius 3 is 1.42 bits per heavy atom. The minimum atomic E-state index is 0.687. The molecule has 0 saturated carbocycles. The van der Waals surface area contributed by atoms with E-state index in [1.54, 1.807) is 0 Å². The van der Waals surface area contributed by atoms with Gasteiger partial charge in [0.2, 0.25) is 0 Å². The lowest BCUT2D eigenvalue weighted by molar-refractivity contribution is 0.472. The third-order valence-electron chi connectivity index (χ3n) is 5.01. The molecule has 4 aromatic carbocycles. The van der Waals surface area contributed by atoms with E-state index in [0.29, 0.717) is 11.4 Å². The fraction of sp³-hybridized carbons (Fsp3) is 0.111. The van der Waals surface area contributed by atoms with Crippen molar-refractivity contribution in [2.75, 3.05) is 11.5 Å². The fourth-order valence-corrected chi connectivity index (χ4v) is 3.50. The Balaban J connectivity index is 1.42. The standard InChI is InChI=1S/C27H26N2O2/c28-22-12-6-14-24(18-22)30-26-16-3-1-8-20(26)10-5-11-21-9-2-4-17-27(21)31-25-15-7-13-23(29)19-25/h1-4,6-9,12-19H,5,10-11,28-29H2. The first-order chi connectivity index (χ1) is 15.2. The molecule has 0 fully saturated rings. The second kappa shape index (κ2) is 9.72. The van der Waals surface area contributed by atoms with Gasteiger partial charge in [-0.05, 0) is 66.8 Å². The molecule has 0 bridgehead atoms. The lowest BCUT2D eigenvalue weighted by Gasteiger charge is -2.13. The summed E-state index contributed by atoms with van der Waals surface area (Å²) in [7, 11) is 0. The first kappa shape index (κ1) is 20.4. The van der Waals surface area contributed by atoms with Crippen molar-refractivity contribution >= 4 is 11.4 Å².